The van der Waals surface area contributed by atoms with Gasteiger partial charge in [-0.05, 0) is 20.8 Å². The summed E-state index contributed by atoms with van der Waals surface area (Å²) < 4.78 is 0. The molecule has 0 amide bonds. The van der Waals surface area contributed by atoms with Crippen molar-refractivity contribution in [1.29, 1.82) is 0 Å². The third kappa shape index (κ3) is 5.85. The minimum Gasteiger partial charge on any atom is -0.480 e. The molecule has 4 heteroatoms. The molecule has 0 aromatic carbocycles. The van der Waals surface area contributed by atoms with Crippen molar-refractivity contribution in [2.24, 2.45) is 5.41 Å². The Morgan fingerprint density at radius 2 is 1.56 bits per heavy atom. The lowest BCUT2D eigenvalue weighted by molar-refractivity contribution is -0.142. The van der Waals surface area contributed by atoms with Gasteiger partial charge >= 0.3 is 5.97 Å². The van der Waals surface area contributed by atoms with Crippen molar-refractivity contribution in [2.45, 2.75) is 59.5 Å². The molecule has 94 valence electrons. The molecule has 0 aromatic rings. The predicted molar refractivity (Wildman–Crippen MR) is 63.4 cm³/mol. The molecule has 0 rings (SSSR count). The van der Waals surface area contributed by atoms with Gasteiger partial charge in [0.15, 0.2) is 0 Å². The van der Waals surface area contributed by atoms with E-state index in [1.54, 1.807) is 20.8 Å². The summed E-state index contributed by atoms with van der Waals surface area (Å²) in [5.41, 5.74) is -0.811. The van der Waals surface area contributed by atoms with E-state index in [1.165, 1.54) is 0 Å². The molecule has 0 spiro atoms. The topological polar surface area (TPSA) is 66.4 Å². The van der Waals surface area contributed by atoms with Crippen molar-refractivity contribution >= 4 is 11.8 Å². The van der Waals surface area contributed by atoms with E-state index >= 15 is 0 Å². The molecule has 0 saturated carbocycles. The summed E-state index contributed by atoms with van der Waals surface area (Å²) in [7, 11) is 0. The number of carbonyl (C=O) groups excluding carboxylic acids is 1. The van der Waals surface area contributed by atoms with E-state index in [9.17, 15) is 9.59 Å². The lowest BCUT2D eigenvalue weighted by Gasteiger charge is -2.27. The summed E-state index contributed by atoms with van der Waals surface area (Å²) in [6.07, 6.45) is 0.0239. The fourth-order valence-corrected chi connectivity index (χ4v) is 1.21. The highest BCUT2D eigenvalue weighted by atomic mass is 16.4. The smallest absolute Gasteiger partial charge is 0.321 e. The van der Waals surface area contributed by atoms with Crippen LogP contribution in [0.1, 0.15) is 48.0 Å². The Hall–Kier alpha value is -0.900. The van der Waals surface area contributed by atoms with Crippen LogP contribution in [0.5, 0.6) is 0 Å². The summed E-state index contributed by atoms with van der Waals surface area (Å²) in [4.78, 5) is 22.8. The molecule has 0 unspecified atom stereocenters. The zero-order valence-electron chi connectivity index (χ0n) is 11.0. The molecular weight excluding hydrogens is 206 g/mol. The van der Waals surface area contributed by atoms with Crippen molar-refractivity contribution in [3.8, 4) is 0 Å². The van der Waals surface area contributed by atoms with Crippen LogP contribution in [0.15, 0.2) is 0 Å². The third-order valence-corrected chi connectivity index (χ3v) is 2.13. The highest BCUT2D eigenvalue weighted by Crippen LogP contribution is 2.18. The number of ketones is 1. The number of hydrogen-bond donors (Lipinski definition) is 2. The summed E-state index contributed by atoms with van der Waals surface area (Å²) in [5.74, 6) is -1.02. The Labute approximate surface area is 97.4 Å². The minimum absolute atomic E-state index is 0.0239. The SMILES string of the molecule is CC(C)(C)N[C@@H](CC(=O)C(C)(C)C)C(=O)O. The van der Waals surface area contributed by atoms with Gasteiger partial charge in [-0.15, -0.1) is 0 Å². The van der Waals surface area contributed by atoms with Crippen LogP contribution in [0, 0.1) is 5.41 Å². The Balaban J connectivity index is 4.60. The van der Waals surface area contributed by atoms with E-state index in [4.69, 9.17) is 5.11 Å². The standard InChI is InChI=1S/C12H23NO3/c1-11(2,3)9(14)7-8(10(15)16)13-12(4,5)6/h8,13H,7H2,1-6H3,(H,15,16)/t8-/m0/s1. The second-order valence-corrected chi connectivity index (χ2v) is 6.16. The molecule has 16 heavy (non-hydrogen) atoms. The van der Waals surface area contributed by atoms with Crippen LogP contribution in [0.3, 0.4) is 0 Å². The molecule has 0 aliphatic carbocycles. The third-order valence-electron chi connectivity index (χ3n) is 2.13. The van der Waals surface area contributed by atoms with Crippen LogP contribution in [0.2, 0.25) is 0 Å². The maximum atomic E-state index is 11.8. The highest BCUT2D eigenvalue weighted by Gasteiger charge is 2.30. The Morgan fingerprint density at radius 3 is 1.81 bits per heavy atom. The fraction of sp³-hybridized carbons (Fsp3) is 0.833. The first-order valence-corrected chi connectivity index (χ1v) is 5.47. The number of carbonyl (C=O) groups is 2. The van der Waals surface area contributed by atoms with Gasteiger partial charge in [0.1, 0.15) is 11.8 Å². The normalized spacial score (nSPS) is 14.6. The molecule has 1 atom stereocenters. The number of Topliss-reactive ketones (excluding diaryl/α,β-unsaturated/α-hetero) is 1. The number of carboxylic acid groups (broad SMARTS) is 1. The molecule has 0 radical (unpaired) electrons. The molecule has 0 aliphatic heterocycles. The molecule has 0 fully saturated rings. The van der Waals surface area contributed by atoms with E-state index in [-0.39, 0.29) is 17.7 Å². The molecule has 0 aliphatic rings. The molecule has 0 aromatic heterocycles. The average molecular weight is 229 g/mol. The van der Waals surface area contributed by atoms with E-state index in [0.29, 0.717) is 0 Å². The maximum Gasteiger partial charge on any atom is 0.321 e. The van der Waals surface area contributed by atoms with Crippen molar-refractivity contribution in [3.63, 3.8) is 0 Å². The fourth-order valence-electron chi connectivity index (χ4n) is 1.21. The zero-order valence-corrected chi connectivity index (χ0v) is 11.0. The van der Waals surface area contributed by atoms with Crippen LogP contribution in [0.25, 0.3) is 0 Å². The molecule has 4 nitrogen and oxygen atoms in total. The van der Waals surface area contributed by atoms with Gasteiger partial charge in [-0.2, -0.15) is 0 Å². The summed E-state index contributed by atoms with van der Waals surface area (Å²) in [6.45, 7) is 11.0. The van der Waals surface area contributed by atoms with Crippen molar-refractivity contribution in [1.82, 2.24) is 5.32 Å². The van der Waals surface area contributed by atoms with Gasteiger partial charge in [-0.25, -0.2) is 0 Å². The van der Waals surface area contributed by atoms with Gasteiger partial charge in [0.05, 0.1) is 0 Å². The van der Waals surface area contributed by atoms with Crippen LogP contribution >= 0.6 is 0 Å². The molecular formula is C12H23NO3. The van der Waals surface area contributed by atoms with Crippen LogP contribution in [-0.4, -0.2) is 28.4 Å². The summed E-state index contributed by atoms with van der Waals surface area (Å²) in [6, 6.07) is -0.813. The first-order chi connectivity index (χ1) is 6.93. The maximum absolute atomic E-state index is 11.8. The van der Waals surface area contributed by atoms with Gasteiger partial charge in [0.25, 0.3) is 0 Å². The Morgan fingerprint density at radius 1 is 1.12 bits per heavy atom. The quantitative estimate of drug-likeness (QED) is 0.772. The van der Waals surface area contributed by atoms with Gasteiger partial charge in [0.2, 0.25) is 0 Å². The van der Waals surface area contributed by atoms with Gasteiger partial charge in [0, 0.05) is 17.4 Å². The number of aliphatic carboxylic acids is 1. The molecule has 2 N–H and O–H groups in total. The minimum atomic E-state index is -0.979. The van der Waals surface area contributed by atoms with Crippen molar-refractivity contribution in [2.75, 3.05) is 0 Å². The van der Waals surface area contributed by atoms with Crippen LogP contribution in [-0.2, 0) is 9.59 Å². The Bertz CT molecular complexity index is 271. The van der Waals surface area contributed by atoms with Gasteiger partial charge in [-0.3, -0.25) is 14.9 Å². The predicted octanol–water partition coefficient (Wildman–Crippen LogP) is 1.83. The second kappa shape index (κ2) is 4.95. The molecule has 0 saturated heterocycles. The zero-order chi connectivity index (χ0) is 13.1. The highest BCUT2D eigenvalue weighted by molar-refractivity contribution is 5.89. The average Bonchev–Trinajstić information content (AvgIpc) is 1.98. The molecule has 0 heterocycles. The van der Waals surface area contributed by atoms with E-state index in [2.05, 4.69) is 5.32 Å². The summed E-state index contributed by atoms with van der Waals surface area (Å²) >= 11 is 0. The van der Waals surface area contributed by atoms with Crippen LogP contribution < -0.4 is 5.32 Å². The summed E-state index contributed by atoms with van der Waals surface area (Å²) in [5, 5.41) is 12.0. The van der Waals surface area contributed by atoms with E-state index in [1.807, 2.05) is 20.8 Å². The first kappa shape index (κ1) is 15.1. The number of hydrogen-bond acceptors (Lipinski definition) is 3. The monoisotopic (exact) mass is 229 g/mol. The lowest BCUT2D eigenvalue weighted by Crippen LogP contribution is -2.49. The van der Waals surface area contributed by atoms with Gasteiger partial charge in [-0.1, -0.05) is 20.8 Å². The van der Waals surface area contributed by atoms with E-state index < -0.39 is 17.4 Å². The number of carboxylic acids is 1. The van der Waals surface area contributed by atoms with Crippen molar-refractivity contribution < 1.29 is 14.7 Å². The number of rotatable bonds is 4. The largest absolute Gasteiger partial charge is 0.480 e. The second-order valence-electron chi connectivity index (χ2n) is 6.16. The van der Waals surface area contributed by atoms with Crippen LogP contribution in [0.4, 0.5) is 0 Å². The van der Waals surface area contributed by atoms with E-state index in [0.717, 1.165) is 0 Å². The van der Waals surface area contributed by atoms with Gasteiger partial charge < -0.3 is 5.11 Å². The lowest BCUT2D eigenvalue weighted by atomic mass is 9.86. The number of nitrogens with one attached hydrogen (secondary N) is 1. The Kier molecular flexibility index (Phi) is 4.68. The first-order valence-electron chi connectivity index (χ1n) is 5.47. The molecule has 0 bridgehead atoms. The van der Waals surface area contributed by atoms with Crippen molar-refractivity contribution in [3.05, 3.63) is 0 Å².